The molecule has 1 aliphatic rings. The topological polar surface area (TPSA) is 28.4 Å². The van der Waals surface area contributed by atoms with Crippen molar-refractivity contribution in [2.24, 2.45) is 0 Å². The molecule has 0 atom stereocenters. The number of hydrogen-bond acceptors (Lipinski definition) is 3. The third-order valence-corrected chi connectivity index (χ3v) is 4.27. The molecule has 0 radical (unpaired) electrons. The Balaban J connectivity index is 1.65. The van der Waals surface area contributed by atoms with Crippen molar-refractivity contribution in [3.05, 3.63) is 51.5 Å². The van der Waals surface area contributed by atoms with Gasteiger partial charge in [-0.15, -0.1) is 0 Å². The standard InChI is InChI=1S/C16H19IN2O/c17-16-8-7-14(20-16)11-18-15-6-2-1-5-13(15)12-19-9-3-4-10-19/h1-2,5-8,18H,3-4,9-12H2. The Morgan fingerprint density at radius 1 is 1.10 bits per heavy atom. The Labute approximate surface area is 133 Å². The molecule has 2 heterocycles. The molecular formula is C16H19IN2O. The number of nitrogens with one attached hydrogen (secondary N) is 1. The molecule has 1 aromatic heterocycles. The number of para-hydroxylation sites is 1. The van der Waals surface area contributed by atoms with Gasteiger partial charge in [0.2, 0.25) is 0 Å². The van der Waals surface area contributed by atoms with Crippen LogP contribution in [0.2, 0.25) is 0 Å². The van der Waals surface area contributed by atoms with Crippen molar-refractivity contribution >= 4 is 28.3 Å². The maximum Gasteiger partial charge on any atom is 0.164 e. The first kappa shape index (κ1) is 13.9. The second-order valence-electron chi connectivity index (χ2n) is 5.20. The summed E-state index contributed by atoms with van der Waals surface area (Å²) in [6.45, 7) is 4.23. The fourth-order valence-electron chi connectivity index (χ4n) is 2.64. The second kappa shape index (κ2) is 6.63. The minimum atomic E-state index is 0.736. The zero-order valence-electron chi connectivity index (χ0n) is 11.4. The zero-order valence-corrected chi connectivity index (χ0v) is 13.6. The number of furan rings is 1. The third-order valence-electron chi connectivity index (χ3n) is 3.69. The summed E-state index contributed by atoms with van der Waals surface area (Å²) in [6.07, 6.45) is 2.67. The van der Waals surface area contributed by atoms with E-state index in [0.29, 0.717) is 0 Å². The average molecular weight is 382 g/mol. The lowest BCUT2D eigenvalue weighted by molar-refractivity contribution is 0.332. The van der Waals surface area contributed by atoms with Gasteiger partial charge in [-0.05, 0) is 72.3 Å². The zero-order chi connectivity index (χ0) is 13.8. The largest absolute Gasteiger partial charge is 0.454 e. The molecule has 1 fully saturated rings. The van der Waals surface area contributed by atoms with Crippen molar-refractivity contribution in [2.75, 3.05) is 18.4 Å². The highest BCUT2D eigenvalue weighted by Crippen LogP contribution is 2.21. The third kappa shape index (κ3) is 3.55. The number of halogens is 1. The van der Waals surface area contributed by atoms with Crippen LogP contribution in [0.5, 0.6) is 0 Å². The van der Waals surface area contributed by atoms with Gasteiger partial charge >= 0.3 is 0 Å². The Kier molecular flexibility index (Phi) is 4.62. The molecule has 1 aromatic carbocycles. The van der Waals surface area contributed by atoms with Crippen LogP contribution >= 0.6 is 22.6 Å². The predicted octanol–water partition coefficient (Wildman–Crippen LogP) is 4.09. The van der Waals surface area contributed by atoms with Gasteiger partial charge in [-0.25, -0.2) is 0 Å². The van der Waals surface area contributed by atoms with E-state index in [2.05, 4.69) is 57.1 Å². The molecule has 0 bridgehead atoms. The highest BCUT2D eigenvalue weighted by atomic mass is 127. The minimum absolute atomic E-state index is 0.736. The van der Waals surface area contributed by atoms with Gasteiger partial charge in [0.05, 0.1) is 6.54 Å². The van der Waals surface area contributed by atoms with Crippen molar-refractivity contribution in [1.29, 1.82) is 0 Å². The van der Waals surface area contributed by atoms with E-state index in [4.69, 9.17) is 4.42 Å². The van der Waals surface area contributed by atoms with Crippen molar-refractivity contribution in [3.63, 3.8) is 0 Å². The van der Waals surface area contributed by atoms with E-state index in [1.165, 1.54) is 37.2 Å². The summed E-state index contributed by atoms with van der Waals surface area (Å²) < 4.78 is 6.53. The van der Waals surface area contributed by atoms with E-state index in [1.54, 1.807) is 0 Å². The van der Waals surface area contributed by atoms with Gasteiger partial charge in [-0.2, -0.15) is 0 Å². The monoisotopic (exact) mass is 382 g/mol. The maximum atomic E-state index is 5.59. The molecule has 4 heteroatoms. The Hall–Kier alpha value is -1.01. The van der Waals surface area contributed by atoms with Gasteiger partial charge in [-0.1, -0.05) is 18.2 Å². The van der Waals surface area contributed by atoms with E-state index >= 15 is 0 Å². The molecule has 3 nitrogen and oxygen atoms in total. The van der Waals surface area contributed by atoms with Crippen molar-refractivity contribution in [2.45, 2.75) is 25.9 Å². The number of anilines is 1. The predicted molar refractivity (Wildman–Crippen MR) is 89.7 cm³/mol. The molecule has 2 aromatic rings. The molecule has 1 saturated heterocycles. The molecular weight excluding hydrogens is 363 g/mol. The summed E-state index contributed by atoms with van der Waals surface area (Å²) in [4.78, 5) is 2.52. The first-order chi connectivity index (χ1) is 9.81. The summed E-state index contributed by atoms with van der Waals surface area (Å²) >= 11 is 2.19. The normalized spacial score (nSPS) is 15.7. The summed E-state index contributed by atoms with van der Waals surface area (Å²) in [5, 5.41) is 3.49. The highest BCUT2D eigenvalue weighted by Gasteiger charge is 2.13. The molecule has 20 heavy (non-hydrogen) atoms. The number of likely N-dealkylation sites (tertiary alicyclic amines) is 1. The smallest absolute Gasteiger partial charge is 0.164 e. The molecule has 0 aliphatic carbocycles. The molecule has 0 spiro atoms. The van der Waals surface area contributed by atoms with Gasteiger partial charge in [-0.3, -0.25) is 4.90 Å². The van der Waals surface area contributed by atoms with Gasteiger partial charge in [0.25, 0.3) is 0 Å². The van der Waals surface area contributed by atoms with Gasteiger partial charge in [0.15, 0.2) is 3.77 Å². The van der Waals surface area contributed by atoms with Crippen LogP contribution in [0.15, 0.2) is 40.8 Å². The Morgan fingerprint density at radius 3 is 2.65 bits per heavy atom. The summed E-state index contributed by atoms with van der Waals surface area (Å²) in [5.74, 6) is 0.977. The fourth-order valence-corrected chi connectivity index (χ4v) is 3.10. The maximum absolute atomic E-state index is 5.59. The number of hydrogen-bond donors (Lipinski definition) is 1. The number of rotatable bonds is 5. The Bertz CT molecular complexity index is 561. The van der Waals surface area contributed by atoms with Crippen LogP contribution in [0.3, 0.4) is 0 Å². The van der Waals surface area contributed by atoms with Crippen LogP contribution in [0.25, 0.3) is 0 Å². The quantitative estimate of drug-likeness (QED) is 0.790. The van der Waals surface area contributed by atoms with Crippen LogP contribution < -0.4 is 5.32 Å². The van der Waals surface area contributed by atoms with Crippen LogP contribution in [0, 0.1) is 3.77 Å². The van der Waals surface area contributed by atoms with Crippen molar-refractivity contribution in [3.8, 4) is 0 Å². The van der Waals surface area contributed by atoms with E-state index in [9.17, 15) is 0 Å². The molecule has 0 amide bonds. The van der Waals surface area contributed by atoms with Gasteiger partial charge < -0.3 is 9.73 Å². The fraction of sp³-hybridized carbons (Fsp3) is 0.375. The summed E-state index contributed by atoms with van der Waals surface area (Å²) in [5.41, 5.74) is 2.58. The van der Waals surface area contributed by atoms with E-state index in [0.717, 1.165) is 22.6 Å². The lowest BCUT2D eigenvalue weighted by Crippen LogP contribution is -2.19. The summed E-state index contributed by atoms with van der Waals surface area (Å²) in [6, 6.07) is 12.6. The van der Waals surface area contributed by atoms with Crippen LogP contribution in [0.4, 0.5) is 5.69 Å². The SMILES string of the molecule is Ic1ccc(CNc2ccccc2CN2CCCC2)o1. The first-order valence-corrected chi connectivity index (χ1v) is 8.17. The average Bonchev–Trinajstić information content (AvgIpc) is 3.10. The number of benzene rings is 1. The lowest BCUT2D eigenvalue weighted by Gasteiger charge is -2.18. The lowest BCUT2D eigenvalue weighted by atomic mass is 10.1. The first-order valence-electron chi connectivity index (χ1n) is 7.09. The van der Waals surface area contributed by atoms with E-state index < -0.39 is 0 Å². The number of nitrogens with zero attached hydrogens (tertiary/aromatic N) is 1. The highest BCUT2D eigenvalue weighted by molar-refractivity contribution is 14.1. The van der Waals surface area contributed by atoms with E-state index in [-0.39, 0.29) is 0 Å². The molecule has 0 saturated carbocycles. The molecule has 3 rings (SSSR count). The van der Waals surface area contributed by atoms with Gasteiger partial charge in [0.1, 0.15) is 5.76 Å². The van der Waals surface area contributed by atoms with Crippen molar-refractivity contribution in [1.82, 2.24) is 4.90 Å². The molecule has 1 aliphatic heterocycles. The molecule has 1 N–H and O–H groups in total. The molecule has 106 valence electrons. The van der Waals surface area contributed by atoms with Crippen LogP contribution in [-0.2, 0) is 13.1 Å². The summed E-state index contributed by atoms with van der Waals surface area (Å²) in [7, 11) is 0. The van der Waals surface area contributed by atoms with Crippen LogP contribution in [-0.4, -0.2) is 18.0 Å². The Morgan fingerprint density at radius 2 is 1.90 bits per heavy atom. The van der Waals surface area contributed by atoms with Crippen molar-refractivity contribution < 1.29 is 4.42 Å². The van der Waals surface area contributed by atoms with E-state index in [1.807, 2.05) is 12.1 Å². The minimum Gasteiger partial charge on any atom is -0.454 e. The molecule has 0 unspecified atom stereocenters. The van der Waals surface area contributed by atoms with Gasteiger partial charge in [0, 0.05) is 12.2 Å². The van der Waals surface area contributed by atoms with Crippen LogP contribution in [0.1, 0.15) is 24.2 Å². The second-order valence-corrected chi connectivity index (χ2v) is 6.26.